The third kappa shape index (κ3) is 5.37. The molecule has 0 bridgehead atoms. The van der Waals surface area contributed by atoms with Crippen LogP contribution in [0, 0.1) is 6.92 Å². The van der Waals surface area contributed by atoms with Gasteiger partial charge in [-0.1, -0.05) is 42.8 Å². The Balaban J connectivity index is 1.57. The molecule has 0 spiro atoms. The van der Waals surface area contributed by atoms with E-state index < -0.39 is 0 Å². The summed E-state index contributed by atoms with van der Waals surface area (Å²) >= 11 is 1.55. The van der Waals surface area contributed by atoms with E-state index in [-0.39, 0.29) is 11.9 Å². The number of nitrogens with one attached hydrogen (secondary N) is 1. The van der Waals surface area contributed by atoms with Crippen molar-refractivity contribution in [2.45, 2.75) is 32.2 Å². The number of methoxy groups -OCH3 is 2. The van der Waals surface area contributed by atoms with Crippen LogP contribution in [0.5, 0.6) is 11.5 Å². The van der Waals surface area contributed by atoms with Gasteiger partial charge in [0.2, 0.25) is 0 Å². The fourth-order valence-electron chi connectivity index (χ4n) is 4.39. The molecule has 2 aromatic carbocycles. The first-order valence-corrected chi connectivity index (χ1v) is 12.2. The fourth-order valence-corrected chi connectivity index (χ4v) is 5.31. The number of aryl methyl sites for hydroxylation is 1. The Hall–Kier alpha value is -2.90. The second-order valence-corrected chi connectivity index (χ2v) is 9.42. The first-order valence-electron chi connectivity index (χ1n) is 11.4. The number of aromatic nitrogens is 1. The van der Waals surface area contributed by atoms with Gasteiger partial charge in [0.25, 0.3) is 5.91 Å². The van der Waals surface area contributed by atoms with Crippen molar-refractivity contribution >= 4 is 17.2 Å². The summed E-state index contributed by atoms with van der Waals surface area (Å²) in [5.74, 6) is 1.26. The molecule has 2 heterocycles. The van der Waals surface area contributed by atoms with E-state index in [1.165, 1.54) is 19.3 Å². The quantitative estimate of drug-likeness (QED) is 0.502. The van der Waals surface area contributed by atoms with Crippen LogP contribution in [0.2, 0.25) is 0 Å². The van der Waals surface area contributed by atoms with Crippen molar-refractivity contribution in [2.75, 3.05) is 33.9 Å². The van der Waals surface area contributed by atoms with Gasteiger partial charge in [-0.05, 0) is 56.1 Å². The molecule has 1 N–H and O–H groups in total. The van der Waals surface area contributed by atoms with Crippen LogP contribution < -0.4 is 14.8 Å². The van der Waals surface area contributed by atoms with Crippen molar-refractivity contribution in [3.8, 4) is 21.9 Å². The zero-order valence-electron chi connectivity index (χ0n) is 19.5. The maximum absolute atomic E-state index is 13.3. The average molecular weight is 466 g/mol. The van der Waals surface area contributed by atoms with Gasteiger partial charge in [-0.3, -0.25) is 9.69 Å². The van der Waals surface area contributed by atoms with Crippen LogP contribution in [0.1, 0.15) is 46.4 Å². The average Bonchev–Trinajstić information content (AvgIpc) is 3.27. The lowest BCUT2D eigenvalue weighted by Crippen LogP contribution is -2.40. The van der Waals surface area contributed by atoms with Crippen molar-refractivity contribution < 1.29 is 14.3 Å². The summed E-state index contributed by atoms with van der Waals surface area (Å²) in [6, 6.07) is 16.0. The number of rotatable bonds is 8. The van der Waals surface area contributed by atoms with Crippen LogP contribution in [0.4, 0.5) is 0 Å². The molecule has 0 aliphatic carbocycles. The van der Waals surface area contributed by atoms with E-state index in [1.54, 1.807) is 25.6 Å². The van der Waals surface area contributed by atoms with Crippen LogP contribution in [0.3, 0.4) is 0 Å². The van der Waals surface area contributed by atoms with Gasteiger partial charge in [0.15, 0.2) is 11.5 Å². The van der Waals surface area contributed by atoms with E-state index in [2.05, 4.69) is 21.3 Å². The van der Waals surface area contributed by atoms with E-state index >= 15 is 0 Å². The molecular weight excluding hydrogens is 434 g/mol. The topological polar surface area (TPSA) is 63.7 Å². The minimum atomic E-state index is -0.138. The highest BCUT2D eigenvalue weighted by Gasteiger charge is 2.25. The molecule has 1 saturated heterocycles. The van der Waals surface area contributed by atoms with E-state index in [1.807, 2.05) is 49.4 Å². The summed E-state index contributed by atoms with van der Waals surface area (Å²) in [7, 11) is 3.29. The van der Waals surface area contributed by atoms with Gasteiger partial charge < -0.3 is 14.8 Å². The minimum absolute atomic E-state index is 0.0500. The number of hydrogen-bond donors (Lipinski definition) is 1. The van der Waals surface area contributed by atoms with Crippen LogP contribution >= 0.6 is 11.3 Å². The summed E-state index contributed by atoms with van der Waals surface area (Å²) in [6.45, 7) is 4.47. The third-order valence-electron chi connectivity index (χ3n) is 6.06. The largest absolute Gasteiger partial charge is 0.493 e. The molecule has 1 aromatic heterocycles. The highest BCUT2D eigenvalue weighted by atomic mass is 32.1. The third-order valence-corrected chi connectivity index (χ3v) is 7.08. The Kier molecular flexibility index (Phi) is 7.62. The highest BCUT2D eigenvalue weighted by Crippen LogP contribution is 2.33. The van der Waals surface area contributed by atoms with E-state index in [0.29, 0.717) is 23.7 Å². The van der Waals surface area contributed by atoms with Gasteiger partial charge in [-0.2, -0.15) is 0 Å². The zero-order chi connectivity index (χ0) is 23.2. The monoisotopic (exact) mass is 465 g/mol. The highest BCUT2D eigenvalue weighted by molar-refractivity contribution is 7.15. The molecule has 0 saturated carbocycles. The number of nitrogens with zero attached hydrogens (tertiary/aromatic N) is 2. The molecule has 3 aromatic rings. The lowest BCUT2D eigenvalue weighted by atomic mass is 10.0. The second-order valence-electron chi connectivity index (χ2n) is 8.21. The Morgan fingerprint density at radius 1 is 1.06 bits per heavy atom. The molecule has 1 unspecified atom stereocenters. The van der Waals surface area contributed by atoms with Crippen molar-refractivity contribution in [2.24, 2.45) is 0 Å². The lowest BCUT2D eigenvalue weighted by Gasteiger charge is -2.35. The van der Waals surface area contributed by atoms with Gasteiger partial charge in [0, 0.05) is 6.54 Å². The van der Waals surface area contributed by atoms with Crippen LogP contribution in [0.25, 0.3) is 10.4 Å². The molecule has 1 atom stereocenters. The first-order chi connectivity index (χ1) is 16.1. The predicted octanol–water partition coefficient (Wildman–Crippen LogP) is 5.09. The number of thiazole rings is 1. The standard InChI is InChI=1S/C26H31N3O3S/c1-18-28-24(25(33-18)19-10-6-4-7-11-19)26(30)27-17-21(29-14-8-5-9-15-29)20-12-13-22(31-2)23(16-20)32-3/h4,6-7,10-13,16,21H,5,8-9,14-15,17H2,1-3H3,(H,27,30). The number of carbonyl (C=O) groups is 1. The Morgan fingerprint density at radius 3 is 2.48 bits per heavy atom. The molecule has 0 radical (unpaired) electrons. The van der Waals surface area contributed by atoms with Crippen LogP contribution in [-0.2, 0) is 0 Å². The molecule has 33 heavy (non-hydrogen) atoms. The Bertz CT molecular complexity index is 1080. The maximum Gasteiger partial charge on any atom is 0.271 e. The number of piperidine rings is 1. The lowest BCUT2D eigenvalue weighted by molar-refractivity contribution is 0.0920. The second kappa shape index (κ2) is 10.8. The molecule has 1 aliphatic heterocycles. The molecule has 1 aliphatic rings. The molecule has 4 rings (SSSR count). The van der Waals surface area contributed by atoms with E-state index in [0.717, 1.165) is 34.1 Å². The van der Waals surface area contributed by atoms with Gasteiger partial charge in [-0.25, -0.2) is 4.98 Å². The molecule has 7 heteroatoms. The van der Waals surface area contributed by atoms with E-state index in [4.69, 9.17) is 9.47 Å². The summed E-state index contributed by atoms with van der Waals surface area (Å²) < 4.78 is 11.0. The minimum Gasteiger partial charge on any atom is -0.493 e. The zero-order valence-corrected chi connectivity index (χ0v) is 20.3. The number of ether oxygens (including phenoxy) is 2. The van der Waals surface area contributed by atoms with Crippen molar-refractivity contribution in [1.82, 2.24) is 15.2 Å². The van der Waals surface area contributed by atoms with Crippen molar-refractivity contribution in [1.29, 1.82) is 0 Å². The SMILES string of the molecule is COc1ccc(C(CNC(=O)c2nc(C)sc2-c2ccccc2)N2CCCCC2)cc1OC. The normalized spacial score (nSPS) is 15.1. The fraction of sp³-hybridized carbons (Fsp3) is 0.385. The van der Waals surface area contributed by atoms with Gasteiger partial charge in [0.1, 0.15) is 5.69 Å². The number of likely N-dealkylation sites (tertiary alicyclic amines) is 1. The molecule has 1 fully saturated rings. The summed E-state index contributed by atoms with van der Waals surface area (Å²) in [6.07, 6.45) is 3.59. The van der Waals surface area contributed by atoms with Crippen LogP contribution in [-0.4, -0.2) is 49.6 Å². The summed E-state index contributed by atoms with van der Waals surface area (Å²) in [5, 5.41) is 4.06. The molecule has 1 amide bonds. The first kappa shape index (κ1) is 23.3. The summed E-state index contributed by atoms with van der Waals surface area (Å²) in [4.78, 5) is 21.2. The van der Waals surface area contributed by atoms with Crippen molar-refractivity contribution in [3.05, 3.63) is 64.8 Å². The van der Waals surface area contributed by atoms with Gasteiger partial charge in [-0.15, -0.1) is 11.3 Å². The van der Waals surface area contributed by atoms with Crippen molar-refractivity contribution in [3.63, 3.8) is 0 Å². The Labute approximate surface area is 199 Å². The number of benzene rings is 2. The molecular formula is C26H31N3O3S. The Morgan fingerprint density at radius 2 is 1.79 bits per heavy atom. The number of amides is 1. The van der Waals surface area contributed by atoms with Gasteiger partial charge >= 0.3 is 0 Å². The summed E-state index contributed by atoms with van der Waals surface area (Å²) in [5.41, 5.74) is 2.61. The number of carbonyl (C=O) groups excluding carboxylic acids is 1. The smallest absolute Gasteiger partial charge is 0.271 e. The predicted molar refractivity (Wildman–Crippen MR) is 132 cm³/mol. The molecule has 174 valence electrons. The van der Waals surface area contributed by atoms with Gasteiger partial charge in [0.05, 0.1) is 30.1 Å². The van der Waals surface area contributed by atoms with E-state index in [9.17, 15) is 4.79 Å². The number of hydrogen-bond acceptors (Lipinski definition) is 6. The van der Waals surface area contributed by atoms with Crippen LogP contribution in [0.15, 0.2) is 48.5 Å². The molecule has 6 nitrogen and oxygen atoms in total. The maximum atomic E-state index is 13.3.